The maximum Gasteiger partial charge on any atom is 0.277 e. The van der Waals surface area contributed by atoms with E-state index in [9.17, 15) is 12.8 Å². The van der Waals surface area contributed by atoms with Crippen LogP contribution in [0, 0.1) is 5.82 Å². The van der Waals surface area contributed by atoms with Crippen LogP contribution in [0.3, 0.4) is 0 Å². The third-order valence-corrected chi connectivity index (χ3v) is 5.68. The van der Waals surface area contributed by atoms with E-state index in [1.807, 2.05) is 30.3 Å². The van der Waals surface area contributed by atoms with Crippen LogP contribution in [-0.2, 0) is 16.8 Å². The van der Waals surface area contributed by atoms with E-state index in [2.05, 4.69) is 14.3 Å². The predicted molar refractivity (Wildman–Crippen MR) is 100 cm³/mol. The number of nitrogens with one attached hydrogen (secondary N) is 2. The van der Waals surface area contributed by atoms with Crippen LogP contribution in [0.15, 0.2) is 54.6 Å². The molecular weight excluding hydrogens is 353 g/mol. The van der Waals surface area contributed by atoms with E-state index in [1.165, 1.54) is 12.1 Å². The number of benzene rings is 2. The van der Waals surface area contributed by atoms with Crippen LogP contribution in [0.2, 0.25) is 0 Å². The fourth-order valence-electron chi connectivity index (χ4n) is 3.21. The molecule has 0 unspecified atom stereocenters. The van der Waals surface area contributed by atoms with Gasteiger partial charge in [0, 0.05) is 19.1 Å². The van der Waals surface area contributed by atoms with Crippen LogP contribution >= 0.6 is 0 Å². The first-order valence-electron chi connectivity index (χ1n) is 8.81. The van der Waals surface area contributed by atoms with Crippen molar-refractivity contribution in [2.75, 3.05) is 19.6 Å². The second-order valence-corrected chi connectivity index (χ2v) is 8.05. The highest BCUT2D eigenvalue weighted by Crippen LogP contribution is 2.25. The van der Waals surface area contributed by atoms with E-state index in [0.29, 0.717) is 0 Å². The minimum Gasteiger partial charge on any atom is -0.295 e. The summed E-state index contributed by atoms with van der Waals surface area (Å²) in [7, 11) is -3.62. The highest BCUT2D eigenvalue weighted by Gasteiger charge is 2.25. The largest absolute Gasteiger partial charge is 0.295 e. The molecule has 0 bridgehead atoms. The summed E-state index contributed by atoms with van der Waals surface area (Å²) in [5.74, 6) is -0.293. The molecule has 0 spiro atoms. The monoisotopic (exact) mass is 377 g/mol. The Morgan fingerprint density at radius 3 is 2.27 bits per heavy atom. The van der Waals surface area contributed by atoms with E-state index in [4.69, 9.17) is 0 Å². The summed E-state index contributed by atoms with van der Waals surface area (Å²) < 4.78 is 43.1. The van der Waals surface area contributed by atoms with Gasteiger partial charge in [0.1, 0.15) is 5.82 Å². The van der Waals surface area contributed by atoms with E-state index < -0.39 is 10.2 Å². The standard InChI is InChI=1S/C19H24FN3O2S/c20-18-10-8-17(9-11-18)19(23-12-4-5-13-23)15-22-26(24,25)21-14-16-6-2-1-3-7-16/h1-3,6-11,19,21-22H,4-5,12-15H2/t19-/m0/s1. The SMILES string of the molecule is O=S(=O)(NCc1ccccc1)NC[C@@H](c1ccc(F)cc1)N1CCCC1. The van der Waals surface area contributed by atoms with Crippen molar-refractivity contribution in [1.29, 1.82) is 0 Å². The summed E-state index contributed by atoms with van der Waals surface area (Å²) in [4.78, 5) is 2.24. The van der Waals surface area contributed by atoms with Gasteiger partial charge in [-0.25, -0.2) is 9.11 Å². The first-order chi connectivity index (χ1) is 12.5. The molecule has 0 aromatic heterocycles. The van der Waals surface area contributed by atoms with E-state index in [-0.39, 0.29) is 24.9 Å². The molecule has 140 valence electrons. The Morgan fingerprint density at radius 2 is 1.62 bits per heavy atom. The van der Waals surface area contributed by atoms with Gasteiger partial charge in [-0.2, -0.15) is 13.1 Å². The molecule has 2 N–H and O–H groups in total. The second-order valence-electron chi connectivity index (χ2n) is 6.47. The normalized spacial score (nSPS) is 16.7. The van der Waals surface area contributed by atoms with Crippen LogP contribution in [0.5, 0.6) is 0 Å². The Labute approximate surface area is 154 Å². The molecule has 1 aliphatic rings. The predicted octanol–water partition coefficient (Wildman–Crippen LogP) is 2.59. The summed E-state index contributed by atoms with van der Waals surface area (Å²) in [6, 6.07) is 15.5. The fourth-order valence-corrected chi connectivity index (χ4v) is 4.05. The van der Waals surface area contributed by atoms with E-state index >= 15 is 0 Å². The zero-order valence-corrected chi connectivity index (χ0v) is 15.4. The first-order valence-corrected chi connectivity index (χ1v) is 10.3. The average Bonchev–Trinajstić information content (AvgIpc) is 3.17. The Hall–Kier alpha value is -1.80. The fraction of sp³-hybridized carbons (Fsp3) is 0.368. The van der Waals surface area contributed by atoms with E-state index in [1.54, 1.807) is 12.1 Å². The molecule has 2 aromatic carbocycles. The molecule has 2 aromatic rings. The number of rotatable bonds is 8. The molecule has 3 rings (SSSR count). The second kappa shape index (κ2) is 8.73. The lowest BCUT2D eigenvalue weighted by atomic mass is 10.1. The summed E-state index contributed by atoms with van der Waals surface area (Å²) in [5, 5.41) is 0. The molecule has 0 amide bonds. The zero-order chi connectivity index (χ0) is 18.4. The van der Waals surface area contributed by atoms with Gasteiger partial charge in [-0.05, 0) is 49.2 Å². The minimum atomic E-state index is -3.62. The topological polar surface area (TPSA) is 61.4 Å². The molecule has 1 heterocycles. The maximum atomic E-state index is 13.2. The van der Waals surface area contributed by atoms with Crippen molar-refractivity contribution < 1.29 is 12.8 Å². The lowest BCUT2D eigenvalue weighted by Crippen LogP contribution is -2.41. The van der Waals surface area contributed by atoms with Crippen molar-refractivity contribution in [3.8, 4) is 0 Å². The number of nitrogens with zero attached hydrogens (tertiary/aromatic N) is 1. The van der Waals surface area contributed by atoms with Crippen molar-refractivity contribution in [1.82, 2.24) is 14.3 Å². The van der Waals surface area contributed by atoms with Gasteiger partial charge >= 0.3 is 0 Å². The summed E-state index contributed by atoms with van der Waals surface area (Å²) in [6.45, 7) is 2.32. The highest BCUT2D eigenvalue weighted by atomic mass is 32.2. The van der Waals surface area contributed by atoms with Crippen LogP contribution < -0.4 is 9.44 Å². The van der Waals surface area contributed by atoms with Gasteiger partial charge in [0.15, 0.2) is 0 Å². The van der Waals surface area contributed by atoms with Crippen molar-refractivity contribution >= 4 is 10.2 Å². The quantitative estimate of drug-likeness (QED) is 0.743. The Kier molecular flexibility index (Phi) is 6.37. The van der Waals surface area contributed by atoms with Crippen molar-refractivity contribution in [2.45, 2.75) is 25.4 Å². The molecule has 1 aliphatic heterocycles. The van der Waals surface area contributed by atoms with Crippen LogP contribution in [0.25, 0.3) is 0 Å². The molecule has 1 saturated heterocycles. The molecular formula is C19H24FN3O2S. The number of hydrogen-bond acceptors (Lipinski definition) is 3. The molecule has 5 nitrogen and oxygen atoms in total. The van der Waals surface area contributed by atoms with Gasteiger partial charge in [-0.3, -0.25) is 4.90 Å². The Balaban J connectivity index is 1.63. The minimum absolute atomic E-state index is 0.105. The van der Waals surface area contributed by atoms with Crippen LogP contribution in [0.4, 0.5) is 4.39 Å². The zero-order valence-electron chi connectivity index (χ0n) is 14.6. The Morgan fingerprint density at radius 1 is 0.962 bits per heavy atom. The van der Waals surface area contributed by atoms with Gasteiger partial charge in [-0.15, -0.1) is 0 Å². The van der Waals surface area contributed by atoms with Gasteiger partial charge in [0.05, 0.1) is 0 Å². The molecule has 26 heavy (non-hydrogen) atoms. The molecule has 0 radical (unpaired) electrons. The van der Waals surface area contributed by atoms with Crippen molar-refractivity contribution in [3.63, 3.8) is 0 Å². The maximum absolute atomic E-state index is 13.2. The van der Waals surface area contributed by atoms with Crippen LogP contribution in [-0.4, -0.2) is 33.0 Å². The van der Waals surface area contributed by atoms with Crippen LogP contribution in [0.1, 0.15) is 30.0 Å². The molecule has 0 aliphatic carbocycles. The first kappa shape index (κ1) is 19.0. The van der Waals surface area contributed by atoms with Gasteiger partial charge < -0.3 is 0 Å². The average molecular weight is 377 g/mol. The third kappa shape index (κ3) is 5.35. The van der Waals surface area contributed by atoms with E-state index in [0.717, 1.165) is 37.1 Å². The molecule has 1 fully saturated rings. The van der Waals surface area contributed by atoms with Crippen molar-refractivity contribution in [2.24, 2.45) is 0 Å². The summed E-state index contributed by atoms with van der Waals surface area (Å²) in [6.07, 6.45) is 2.19. The smallest absolute Gasteiger partial charge is 0.277 e. The number of hydrogen-bond donors (Lipinski definition) is 2. The third-order valence-electron chi connectivity index (χ3n) is 4.61. The molecule has 0 saturated carbocycles. The van der Waals surface area contributed by atoms with Gasteiger partial charge in [-0.1, -0.05) is 42.5 Å². The molecule has 1 atom stereocenters. The van der Waals surface area contributed by atoms with Gasteiger partial charge in [0.25, 0.3) is 10.2 Å². The highest BCUT2D eigenvalue weighted by molar-refractivity contribution is 7.87. The lowest BCUT2D eigenvalue weighted by Gasteiger charge is -2.28. The summed E-state index contributed by atoms with van der Waals surface area (Å²) in [5.41, 5.74) is 1.81. The van der Waals surface area contributed by atoms with Crippen molar-refractivity contribution in [3.05, 3.63) is 71.5 Å². The Bertz CT molecular complexity index is 791. The number of halogens is 1. The number of likely N-dealkylation sites (tertiary alicyclic amines) is 1. The van der Waals surface area contributed by atoms with Gasteiger partial charge in [0.2, 0.25) is 0 Å². The molecule has 7 heteroatoms. The lowest BCUT2D eigenvalue weighted by molar-refractivity contribution is 0.246. The summed E-state index contributed by atoms with van der Waals surface area (Å²) >= 11 is 0.